The molecule has 0 radical (unpaired) electrons. The van der Waals surface area contributed by atoms with Gasteiger partial charge >= 0.3 is 0 Å². The molecule has 2 amide bonds. The summed E-state index contributed by atoms with van der Waals surface area (Å²) in [6.45, 7) is 0.883. The molecular weight excluding hydrogens is 440 g/mol. The van der Waals surface area contributed by atoms with E-state index in [0.717, 1.165) is 35.7 Å². The molecule has 1 N–H and O–H groups in total. The number of rotatable bonds is 7. The largest absolute Gasteiger partial charge is 0.496 e. The highest BCUT2D eigenvalue weighted by Gasteiger charge is 2.42. The molecule has 2 unspecified atom stereocenters. The number of methoxy groups -OCH3 is 2. The van der Waals surface area contributed by atoms with E-state index in [2.05, 4.69) is 21.2 Å². The number of carbonyl (C=O) groups excluding carboxylic acids is 2. The Morgan fingerprint density at radius 2 is 2.14 bits per heavy atom. The second kappa shape index (κ2) is 10.1. The molecule has 1 saturated heterocycles. The maximum atomic E-state index is 13.1. The quantitative estimate of drug-likeness (QED) is 0.493. The number of fused-ring (bicyclic) bond motifs is 1. The Morgan fingerprint density at radius 1 is 1.34 bits per heavy atom. The van der Waals surface area contributed by atoms with Gasteiger partial charge in [0.2, 0.25) is 5.91 Å². The van der Waals surface area contributed by atoms with E-state index in [1.807, 2.05) is 18.2 Å². The fourth-order valence-corrected chi connectivity index (χ4v) is 4.35. The number of ether oxygens (including phenoxy) is 3. The van der Waals surface area contributed by atoms with Crippen molar-refractivity contribution in [2.45, 2.75) is 37.8 Å². The molecule has 0 bridgehead atoms. The van der Waals surface area contributed by atoms with E-state index in [1.54, 1.807) is 25.2 Å². The lowest BCUT2D eigenvalue weighted by atomic mass is 9.89. The Kier molecular flexibility index (Phi) is 7.55. The number of halogens is 1. The van der Waals surface area contributed by atoms with Gasteiger partial charge in [-0.25, -0.2) is 0 Å². The summed E-state index contributed by atoms with van der Waals surface area (Å²) >= 11 is 3.46. The Morgan fingerprint density at radius 3 is 2.86 bits per heavy atom. The van der Waals surface area contributed by atoms with Gasteiger partial charge in [0.1, 0.15) is 18.4 Å². The number of amides is 2. The molecule has 1 aromatic rings. The predicted molar refractivity (Wildman–Crippen MR) is 112 cm³/mol. The van der Waals surface area contributed by atoms with E-state index >= 15 is 0 Å². The third kappa shape index (κ3) is 5.30. The van der Waals surface area contributed by atoms with Crippen LogP contribution in [0.5, 0.6) is 5.75 Å². The molecule has 2 aliphatic rings. The topological polar surface area (TPSA) is 77.1 Å². The highest BCUT2D eigenvalue weighted by molar-refractivity contribution is 9.10. The van der Waals surface area contributed by atoms with Gasteiger partial charge in [0.25, 0.3) is 5.91 Å². The van der Waals surface area contributed by atoms with Crippen molar-refractivity contribution in [3.05, 3.63) is 34.0 Å². The Hall–Kier alpha value is -2.06. The number of carbonyl (C=O) groups is 2. The van der Waals surface area contributed by atoms with Crippen molar-refractivity contribution >= 4 is 33.8 Å². The van der Waals surface area contributed by atoms with E-state index < -0.39 is 0 Å². The fraction of sp³-hybridized carbons (Fsp3) is 0.524. The smallest absolute Gasteiger partial charge is 0.289 e. The normalized spacial score (nSPS) is 22.8. The van der Waals surface area contributed by atoms with E-state index in [4.69, 9.17) is 14.2 Å². The summed E-state index contributed by atoms with van der Waals surface area (Å²) in [6.07, 6.45) is 5.47. The van der Waals surface area contributed by atoms with Crippen LogP contribution in [-0.4, -0.2) is 62.8 Å². The van der Waals surface area contributed by atoms with Crippen LogP contribution in [-0.2, 0) is 19.1 Å². The molecule has 1 aliphatic heterocycles. The maximum absolute atomic E-state index is 13.1. The number of hydrogen-bond acceptors (Lipinski definition) is 5. The van der Waals surface area contributed by atoms with Gasteiger partial charge < -0.3 is 24.4 Å². The molecule has 29 heavy (non-hydrogen) atoms. The molecule has 0 aromatic heterocycles. The predicted octanol–water partition coefficient (Wildman–Crippen LogP) is 2.73. The second-order valence-electron chi connectivity index (χ2n) is 7.19. The van der Waals surface area contributed by atoms with Gasteiger partial charge in [-0.3, -0.25) is 9.59 Å². The van der Waals surface area contributed by atoms with Gasteiger partial charge in [-0.2, -0.15) is 0 Å². The van der Waals surface area contributed by atoms with Crippen molar-refractivity contribution in [3.63, 3.8) is 0 Å². The lowest BCUT2D eigenvalue weighted by Gasteiger charge is -2.44. The first-order valence-electron chi connectivity index (χ1n) is 9.82. The molecule has 8 heteroatoms. The van der Waals surface area contributed by atoms with E-state index in [1.165, 1.54) is 0 Å². The van der Waals surface area contributed by atoms with Gasteiger partial charge in [0.15, 0.2) is 5.76 Å². The lowest BCUT2D eigenvalue weighted by molar-refractivity contribution is -0.151. The molecule has 1 saturated carbocycles. The van der Waals surface area contributed by atoms with Crippen molar-refractivity contribution in [3.8, 4) is 5.75 Å². The highest BCUT2D eigenvalue weighted by Crippen LogP contribution is 2.34. The Bertz CT molecular complexity index is 782. The lowest BCUT2D eigenvalue weighted by Crippen LogP contribution is -2.57. The molecule has 1 heterocycles. The number of morpholine rings is 1. The molecule has 0 spiro atoms. The number of nitrogens with zero attached hydrogens (tertiary/aromatic N) is 1. The average molecular weight is 467 g/mol. The molecule has 2 fully saturated rings. The average Bonchev–Trinajstić information content (AvgIpc) is 2.71. The van der Waals surface area contributed by atoms with Gasteiger partial charge in [0, 0.05) is 13.7 Å². The first-order chi connectivity index (χ1) is 14.0. The standard InChI is InChI=1S/C21H27BrN2O5/c1-27-10-9-23-20(25)13-24-16-5-3-4-6-18(16)29-19(21(24)26)12-14-7-8-17(28-2)15(22)11-14/h7-8,11-12,16,18H,3-6,9-10,13H2,1-2H3,(H,23,25)/b19-12+. The Balaban J connectivity index is 1.80. The third-order valence-corrected chi connectivity index (χ3v) is 5.85. The minimum atomic E-state index is -0.248. The molecule has 7 nitrogen and oxygen atoms in total. The zero-order valence-corrected chi connectivity index (χ0v) is 18.4. The van der Waals surface area contributed by atoms with Gasteiger partial charge in [-0.15, -0.1) is 0 Å². The van der Waals surface area contributed by atoms with Crippen molar-refractivity contribution < 1.29 is 23.8 Å². The molecule has 1 aliphatic carbocycles. The molecule has 1 aromatic carbocycles. The second-order valence-corrected chi connectivity index (χ2v) is 8.04. The first kappa shape index (κ1) is 21.6. The first-order valence-corrected chi connectivity index (χ1v) is 10.6. The Labute approximate surface area is 179 Å². The van der Waals surface area contributed by atoms with Crippen LogP contribution in [0.15, 0.2) is 28.4 Å². The zero-order chi connectivity index (χ0) is 20.8. The minimum absolute atomic E-state index is 0.0245. The van der Waals surface area contributed by atoms with Crippen molar-refractivity contribution in [1.82, 2.24) is 10.2 Å². The number of nitrogens with one attached hydrogen (secondary N) is 1. The fourth-order valence-electron chi connectivity index (χ4n) is 3.79. The maximum Gasteiger partial charge on any atom is 0.289 e. The SMILES string of the molecule is COCCNC(=O)CN1C(=O)/C(=C\c2ccc(OC)c(Br)c2)OC2CCCCC21. The molecule has 158 valence electrons. The monoisotopic (exact) mass is 466 g/mol. The zero-order valence-electron chi connectivity index (χ0n) is 16.8. The summed E-state index contributed by atoms with van der Waals surface area (Å²) in [5.41, 5.74) is 0.819. The molecule has 3 rings (SSSR count). The van der Waals surface area contributed by atoms with Crippen LogP contribution in [0.4, 0.5) is 0 Å². The number of hydrogen-bond donors (Lipinski definition) is 1. The van der Waals surface area contributed by atoms with E-state index in [-0.39, 0.29) is 36.3 Å². The van der Waals surface area contributed by atoms with Gasteiger partial charge in [-0.05, 0) is 59.0 Å². The summed E-state index contributed by atoms with van der Waals surface area (Å²) < 4.78 is 17.1. The van der Waals surface area contributed by atoms with E-state index in [9.17, 15) is 9.59 Å². The molecular formula is C21H27BrN2O5. The highest BCUT2D eigenvalue weighted by atomic mass is 79.9. The van der Waals surface area contributed by atoms with Crippen LogP contribution in [0.2, 0.25) is 0 Å². The van der Waals surface area contributed by atoms with Crippen molar-refractivity contribution in [2.24, 2.45) is 0 Å². The van der Waals surface area contributed by atoms with Crippen molar-refractivity contribution in [2.75, 3.05) is 33.9 Å². The van der Waals surface area contributed by atoms with Gasteiger partial charge in [-0.1, -0.05) is 12.5 Å². The summed E-state index contributed by atoms with van der Waals surface area (Å²) in [7, 11) is 3.18. The van der Waals surface area contributed by atoms with E-state index in [0.29, 0.717) is 18.9 Å². The van der Waals surface area contributed by atoms with Crippen LogP contribution in [0.25, 0.3) is 6.08 Å². The summed E-state index contributed by atoms with van der Waals surface area (Å²) in [4.78, 5) is 27.2. The van der Waals surface area contributed by atoms with Crippen LogP contribution >= 0.6 is 15.9 Å². The van der Waals surface area contributed by atoms with Gasteiger partial charge in [0.05, 0.1) is 24.2 Å². The minimum Gasteiger partial charge on any atom is -0.496 e. The third-order valence-electron chi connectivity index (χ3n) is 5.23. The van der Waals surface area contributed by atoms with Crippen molar-refractivity contribution in [1.29, 1.82) is 0 Å². The molecule has 2 atom stereocenters. The van der Waals surface area contributed by atoms with Crippen LogP contribution in [0, 0.1) is 0 Å². The summed E-state index contributed by atoms with van der Waals surface area (Å²) in [5, 5.41) is 2.79. The van der Waals surface area contributed by atoms with Crippen LogP contribution in [0.1, 0.15) is 31.2 Å². The number of benzene rings is 1. The summed E-state index contributed by atoms with van der Waals surface area (Å²) in [6, 6.07) is 5.50. The van der Waals surface area contributed by atoms with Crippen LogP contribution in [0.3, 0.4) is 0 Å². The van der Waals surface area contributed by atoms with Crippen LogP contribution < -0.4 is 10.1 Å². The summed E-state index contributed by atoms with van der Waals surface area (Å²) in [5.74, 6) is 0.551.